The summed E-state index contributed by atoms with van der Waals surface area (Å²) in [4.78, 5) is 11.5. The number of aromatic nitrogens is 1. The van der Waals surface area contributed by atoms with Crippen LogP contribution in [-0.2, 0) is 13.0 Å². The number of benzene rings is 1. The second-order valence-electron chi connectivity index (χ2n) is 4.62. The van der Waals surface area contributed by atoms with Crippen molar-refractivity contribution in [2.75, 3.05) is 0 Å². The Morgan fingerprint density at radius 3 is 2.44 bits per heavy atom. The van der Waals surface area contributed by atoms with Crippen LogP contribution in [0.1, 0.15) is 41.0 Å². The summed E-state index contributed by atoms with van der Waals surface area (Å²) in [6.45, 7) is 8.90. The lowest BCUT2D eigenvalue weighted by molar-refractivity contribution is 0.0698. The minimum absolute atomic E-state index is 0.442. The SMILES string of the molecule is CCc1c(C)n(CC)c2c(C(=O)O)c(C)ccc12. The standard InChI is InChI=1S/C15H19NO2/c1-5-11-10(4)16(6-2)14-12(11)8-7-9(3)13(14)15(17)18/h7-8H,5-6H2,1-4H3,(H,17,18). The van der Waals surface area contributed by atoms with Crippen molar-refractivity contribution >= 4 is 16.9 Å². The zero-order valence-electron chi connectivity index (χ0n) is 11.4. The van der Waals surface area contributed by atoms with Crippen molar-refractivity contribution < 1.29 is 9.90 Å². The Hall–Kier alpha value is -1.77. The highest BCUT2D eigenvalue weighted by molar-refractivity contribution is 6.05. The second-order valence-corrected chi connectivity index (χ2v) is 4.62. The van der Waals surface area contributed by atoms with Gasteiger partial charge < -0.3 is 9.67 Å². The normalized spacial score (nSPS) is 11.1. The maximum absolute atomic E-state index is 11.5. The van der Waals surface area contributed by atoms with E-state index in [-0.39, 0.29) is 0 Å². The summed E-state index contributed by atoms with van der Waals surface area (Å²) >= 11 is 0. The molecule has 0 saturated heterocycles. The molecule has 0 aliphatic rings. The number of nitrogens with zero attached hydrogens (tertiary/aromatic N) is 1. The maximum atomic E-state index is 11.5. The molecule has 1 N–H and O–H groups in total. The predicted molar refractivity (Wildman–Crippen MR) is 73.4 cm³/mol. The number of aryl methyl sites for hydroxylation is 3. The fraction of sp³-hybridized carbons (Fsp3) is 0.400. The van der Waals surface area contributed by atoms with Crippen molar-refractivity contribution in [1.29, 1.82) is 0 Å². The monoisotopic (exact) mass is 245 g/mol. The zero-order chi connectivity index (χ0) is 13.4. The first-order chi connectivity index (χ1) is 8.52. The van der Waals surface area contributed by atoms with Crippen LogP contribution in [0.15, 0.2) is 12.1 Å². The van der Waals surface area contributed by atoms with Gasteiger partial charge in [-0.2, -0.15) is 0 Å². The molecule has 1 aromatic carbocycles. The Morgan fingerprint density at radius 1 is 1.28 bits per heavy atom. The molecule has 2 rings (SSSR count). The molecule has 3 nitrogen and oxygen atoms in total. The zero-order valence-corrected chi connectivity index (χ0v) is 11.4. The molecule has 0 spiro atoms. The summed E-state index contributed by atoms with van der Waals surface area (Å²) in [6, 6.07) is 3.96. The molecule has 1 aromatic heterocycles. The van der Waals surface area contributed by atoms with Crippen molar-refractivity contribution in [1.82, 2.24) is 4.57 Å². The van der Waals surface area contributed by atoms with Crippen LogP contribution >= 0.6 is 0 Å². The van der Waals surface area contributed by atoms with Gasteiger partial charge in [0, 0.05) is 17.6 Å². The fourth-order valence-electron chi connectivity index (χ4n) is 2.85. The van der Waals surface area contributed by atoms with E-state index in [1.54, 1.807) is 0 Å². The fourth-order valence-corrected chi connectivity index (χ4v) is 2.85. The summed E-state index contributed by atoms with van der Waals surface area (Å²) < 4.78 is 2.12. The van der Waals surface area contributed by atoms with E-state index in [9.17, 15) is 9.90 Å². The molecule has 0 radical (unpaired) electrons. The predicted octanol–water partition coefficient (Wildman–Crippen LogP) is 3.54. The van der Waals surface area contributed by atoms with E-state index >= 15 is 0 Å². The number of fused-ring (bicyclic) bond motifs is 1. The average molecular weight is 245 g/mol. The van der Waals surface area contributed by atoms with Crippen molar-refractivity contribution in [2.24, 2.45) is 0 Å². The van der Waals surface area contributed by atoms with Gasteiger partial charge in [0.15, 0.2) is 0 Å². The summed E-state index contributed by atoms with van der Waals surface area (Å²) in [6.07, 6.45) is 0.928. The first-order valence-corrected chi connectivity index (χ1v) is 6.37. The molecule has 96 valence electrons. The maximum Gasteiger partial charge on any atom is 0.338 e. The lowest BCUT2D eigenvalue weighted by Crippen LogP contribution is -2.05. The Kier molecular flexibility index (Phi) is 3.16. The van der Waals surface area contributed by atoms with E-state index in [4.69, 9.17) is 0 Å². The quantitative estimate of drug-likeness (QED) is 0.898. The molecule has 0 bridgehead atoms. The van der Waals surface area contributed by atoms with E-state index in [0.717, 1.165) is 29.4 Å². The van der Waals surface area contributed by atoms with E-state index in [2.05, 4.69) is 31.4 Å². The van der Waals surface area contributed by atoms with Gasteiger partial charge in [-0.1, -0.05) is 19.1 Å². The van der Waals surface area contributed by atoms with Gasteiger partial charge in [-0.15, -0.1) is 0 Å². The van der Waals surface area contributed by atoms with Crippen LogP contribution in [0.4, 0.5) is 0 Å². The molecule has 0 atom stereocenters. The van der Waals surface area contributed by atoms with E-state index in [1.807, 2.05) is 13.0 Å². The molecule has 0 amide bonds. The molecule has 0 saturated carbocycles. The van der Waals surface area contributed by atoms with E-state index in [0.29, 0.717) is 5.56 Å². The summed E-state index contributed by atoms with van der Waals surface area (Å²) in [7, 11) is 0. The lowest BCUT2D eigenvalue weighted by atomic mass is 10.0. The largest absolute Gasteiger partial charge is 0.478 e. The van der Waals surface area contributed by atoms with Crippen molar-refractivity contribution in [3.8, 4) is 0 Å². The summed E-state index contributed by atoms with van der Waals surface area (Å²) in [5.41, 5.74) is 4.58. The molecular weight excluding hydrogens is 226 g/mol. The third-order valence-electron chi connectivity index (χ3n) is 3.71. The van der Waals surface area contributed by atoms with Crippen LogP contribution in [-0.4, -0.2) is 15.6 Å². The van der Waals surface area contributed by atoms with Gasteiger partial charge in [0.1, 0.15) is 0 Å². The molecule has 0 fully saturated rings. The first kappa shape index (κ1) is 12.7. The van der Waals surface area contributed by atoms with Crippen molar-refractivity contribution in [3.05, 3.63) is 34.5 Å². The van der Waals surface area contributed by atoms with Gasteiger partial charge in [0.05, 0.1) is 11.1 Å². The molecular formula is C15H19NO2. The molecule has 18 heavy (non-hydrogen) atoms. The van der Waals surface area contributed by atoms with Gasteiger partial charge >= 0.3 is 5.97 Å². The Bertz CT molecular complexity index is 623. The van der Waals surface area contributed by atoms with Crippen LogP contribution in [0.3, 0.4) is 0 Å². The highest BCUT2D eigenvalue weighted by Crippen LogP contribution is 2.30. The molecule has 0 unspecified atom stereocenters. The number of carboxylic acid groups (broad SMARTS) is 1. The Balaban J connectivity index is 3.00. The molecule has 2 aromatic rings. The van der Waals surface area contributed by atoms with Crippen molar-refractivity contribution in [3.63, 3.8) is 0 Å². The number of aromatic carboxylic acids is 1. The number of carboxylic acids is 1. The van der Waals surface area contributed by atoms with E-state index in [1.165, 1.54) is 11.3 Å². The van der Waals surface area contributed by atoms with Crippen LogP contribution < -0.4 is 0 Å². The Labute approximate surface area is 107 Å². The summed E-state index contributed by atoms with van der Waals surface area (Å²) in [5.74, 6) is -0.840. The molecule has 1 heterocycles. The van der Waals surface area contributed by atoms with Gasteiger partial charge in [-0.3, -0.25) is 0 Å². The second kappa shape index (κ2) is 4.48. The van der Waals surface area contributed by atoms with Crippen LogP contribution in [0, 0.1) is 13.8 Å². The van der Waals surface area contributed by atoms with Gasteiger partial charge in [-0.25, -0.2) is 4.79 Å². The average Bonchev–Trinajstić information content (AvgIpc) is 2.59. The highest BCUT2D eigenvalue weighted by Gasteiger charge is 2.19. The van der Waals surface area contributed by atoms with Crippen LogP contribution in [0.25, 0.3) is 10.9 Å². The third kappa shape index (κ3) is 1.62. The smallest absolute Gasteiger partial charge is 0.338 e. The third-order valence-corrected chi connectivity index (χ3v) is 3.71. The van der Waals surface area contributed by atoms with Crippen LogP contribution in [0.5, 0.6) is 0 Å². The minimum Gasteiger partial charge on any atom is -0.478 e. The lowest BCUT2D eigenvalue weighted by Gasteiger charge is -2.08. The molecule has 3 heteroatoms. The molecule has 0 aliphatic carbocycles. The highest BCUT2D eigenvalue weighted by atomic mass is 16.4. The number of rotatable bonds is 3. The van der Waals surface area contributed by atoms with Gasteiger partial charge in [0.25, 0.3) is 0 Å². The van der Waals surface area contributed by atoms with Crippen molar-refractivity contribution in [2.45, 2.75) is 40.7 Å². The van der Waals surface area contributed by atoms with E-state index < -0.39 is 5.97 Å². The van der Waals surface area contributed by atoms with Gasteiger partial charge in [0.2, 0.25) is 0 Å². The number of hydrogen-bond donors (Lipinski definition) is 1. The number of carbonyl (C=O) groups is 1. The summed E-state index contributed by atoms with van der Waals surface area (Å²) in [5, 5.41) is 10.5. The first-order valence-electron chi connectivity index (χ1n) is 6.37. The van der Waals surface area contributed by atoms with Crippen LogP contribution in [0.2, 0.25) is 0 Å². The number of hydrogen-bond acceptors (Lipinski definition) is 1. The van der Waals surface area contributed by atoms with Gasteiger partial charge in [-0.05, 0) is 38.3 Å². The minimum atomic E-state index is -0.840. The Morgan fingerprint density at radius 2 is 1.94 bits per heavy atom. The molecule has 0 aliphatic heterocycles. The topological polar surface area (TPSA) is 42.2 Å².